The molecule has 0 spiro atoms. The summed E-state index contributed by atoms with van der Waals surface area (Å²) in [5.74, 6) is -0.964. The number of hydrogen-bond donors (Lipinski definition) is 0. The molecular weight excluding hydrogens is 841 g/mol. The van der Waals surface area contributed by atoms with Crippen LogP contribution in [0.5, 0.6) is 0 Å². The first-order chi connectivity index (χ1) is 33.5. The molecule has 0 aliphatic carbocycles. The summed E-state index contributed by atoms with van der Waals surface area (Å²) in [4.78, 5) is 38.1. The molecule has 6 heteroatoms. The molecule has 0 saturated carbocycles. The summed E-state index contributed by atoms with van der Waals surface area (Å²) < 4.78 is 16.8. The van der Waals surface area contributed by atoms with Crippen LogP contribution in [0.1, 0.15) is 245 Å². The average Bonchev–Trinajstić information content (AvgIpc) is 3.34. The van der Waals surface area contributed by atoms with Gasteiger partial charge in [-0.3, -0.25) is 14.4 Å². The van der Waals surface area contributed by atoms with E-state index in [2.05, 4.69) is 130 Å². The Balaban J connectivity index is 4.50. The summed E-state index contributed by atoms with van der Waals surface area (Å²) >= 11 is 0. The molecule has 0 fully saturated rings. The van der Waals surface area contributed by atoms with Crippen LogP contribution in [0.4, 0.5) is 0 Å². The minimum atomic E-state index is -0.809. The van der Waals surface area contributed by atoms with Crippen molar-refractivity contribution in [3.05, 3.63) is 109 Å². The van der Waals surface area contributed by atoms with E-state index >= 15 is 0 Å². The van der Waals surface area contributed by atoms with E-state index in [1.54, 1.807) is 0 Å². The molecule has 0 aliphatic heterocycles. The third-order valence-electron chi connectivity index (χ3n) is 11.5. The summed E-state index contributed by atoms with van der Waals surface area (Å²) in [7, 11) is 0. The first-order valence-electron chi connectivity index (χ1n) is 27.9. The van der Waals surface area contributed by atoms with Gasteiger partial charge in [0.2, 0.25) is 0 Å². The Morgan fingerprint density at radius 3 is 1.00 bits per heavy atom. The fourth-order valence-electron chi connectivity index (χ4n) is 7.38. The lowest BCUT2D eigenvalue weighted by molar-refractivity contribution is -0.167. The zero-order valence-electron chi connectivity index (χ0n) is 44.1. The third-order valence-corrected chi connectivity index (χ3v) is 11.5. The minimum absolute atomic E-state index is 0.105. The van der Waals surface area contributed by atoms with Crippen molar-refractivity contribution < 1.29 is 28.6 Å². The van der Waals surface area contributed by atoms with Gasteiger partial charge in [-0.15, -0.1) is 0 Å². The molecule has 1 unspecified atom stereocenters. The van der Waals surface area contributed by atoms with Crippen LogP contribution >= 0.6 is 0 Å². The Kier molecular flexibility index (Phi) is 52.4. The number of carbonyl (C=O) groups is 3. The van der Waals surface area contributed by atoms with Crippen LogP contribution in [-0.4, -0.2) is 37.2 Å². The van der Waals surface area contributed by atoms with Crippen LogP contribution in [0.3, 0.4) is 0 Å². The molecule has 0 radical (unpaired) electrons. The maximum Gasteiger partial charge on any atom is 0.306 e. The highest BCUT2D eigenvalue weighted by Crippen LogP contribution is 2.13. The van der Waals surface area contributed by atoms with E-state index in [4.69, 9.17) is 14.2 Å². The van der Waals surface area contributed by atoms with Crippen LogP contribution in [0.15, 0.2) is 109 Å². The second-order valence-electron chi connectivity index (χ2n) is 18.1. The molecular formula is C62H102O6. The normalized spacial score (nSPS) is 12.9. The summed E-state index contributed by atoms with van der Waals surface area (Å²) in [6, 6.07) is 0. The van der Waals surface area contributed by atoms with Crippen molar-refractivity contribution in [2.45, 2.75) is 252 Å². The van der Waals surface area contributed by atoms with Crippen LogP contribution in [-0.2, 0) is 28.6 Å². The van der Waals surface area contributed by atoms with Gasteiger partial charge < -0.3 is 14.2 Å². The smallest absolute Gasteiger partial charge is 0.306 e. The molecule has 386 valence electrons. The molecule has 0 aromatic rings. The Labute approximate surface area is 419 Å². The lowest BCUT2D eigenvalue weighted by Crippen LogP contribution is -2.30. The zero-order valence-corrected chi connectivity index (χ0v) is 44.1. The highest BCUT2D eigenvalue weighted by molar-refractivity contribution is 5.71. The average molecular weight is 943 g/mol. The van der Waals surface area contributed by atoms with Gasteiger partial charge in [0.1, 0.15) is 13.2 Å². The maximum absolute atomic E-state index is 12.8. The number of carbonyl (C=O) groups excluding carboxylic acids is 3. The number of rotatable bonds is 49. The molecule has 0 heterocycles. The predicted octanol–water partition coefficient (Wildman–Crippen LogP) is 18.7. The van der Waals surface area contributed by atoms with Crippen LogP contribution in [0, 0.1) is 0 Å². The first kappa shape index (κ1) is 64.1. The fraction of sp³-hybridized carbons (Fsp3) is 0.661. The quantitative estimate of drug-likeness (QED) is 0.0199. The number of ether oxygens (including phenoxy) is 3. The van der Waals surface area contributed by atoms with E-state index in [0.717, 1.165) is 141 Å². The second kappa shape index (κ2) is 55.7. The lowest BCUT2D eigenvalue weighted by atomic mass is 10.1. The monoisotopic (exact) mass is 943 g/mol. The van der Waals surface area contributed by atoms with Gasteiger partial charge in [-0.05, 0) is 116 Å². The number of allylic oxidation sites excluding steroid dienone is 18. The lowest BCUT2D eigenvalue weighted by Gasteiger charge is -2.18. The topological polar surface area (TPSA) is 78.9 Å². The van der Waals surface area contributed by atoms with E-state index in [1.807, 2.05) is 0 Å². The highest BCUT2D eigenvalue weighted by Gasteiger charge is 2.19. The maximum atomic E-state index is 12.8. The van der Waals surface area contributed by atoms with Crippen LogP contribution in [0.25, 0.3) is 0 Å². The van der Waals surface area contributed by atoms with Gasteiger partial charge >= 0.3 is 17.9 Å². The Bertz CT molecular complexity index is 1410. The molecule has 68 heavy (non-hydrogen) atoms. The Morgan fingerprint density at radius 2 is 0.618 bits per heavy atom. The van der Waals surface area contributed by atoms with Crippen molar-refractivity contribution in [1.29, 1.82) is 0 Å². The zero-order chi connectivity index (χ0) is 49.3. The molecule has 0 rings (SSSR count). The number of esters is 3. The van der Waals surface area contributed by atoms with Gasteiger partial charge in [0.05, 0.1) is 0 Å². The SMILES string of the molecule is CC/C=C\C/C=C\C/C=C\C/C=C\CCCCCC(=O)OC(COC(=O)CCCCCCC/C=C\C=C/CCCCCCCCC)COC(=O)CCCCCCCC/C=C\C/C=C\C/C=C\CC. The Morgan fingerprint density at radius 1 is 0.324 bits per heavy atom. The molecule has 0 aromatic heterocycles. The molecule has 0 aromatic carbocycles. The van der Waals surface area contributed by atoms with Gasteiger partial charge in [0.25, 0.3) is 0 Å². The van der Waals surface area contributed by atoms with Crippen molar-refractivity contribution in [1.82, 2.24) is 0 Å². The number of unbranched alkanes of at least 4 members (excludes halogenated alkanes) is 21. The van der Waals surface area contributed by atoms with E-state index < -0.39 is 6.10 Å². The van der Waals surface area contributed by atoms with Crippen molar-refractivity contribution in [2.75, 3.05) is 13.2 Å². The van der Waals surface area contributed by atoms with E-state index in [-0.39, 0.29) is 37.5 Å². The predicted molar refractivity (Wildman–Crippen MR) is 293 cm³/mol. The van der Waals surface area contributed by atoms with Crippen LogP contribution in [0.2, 0.25) is 0 Å². The molecule has 0 aliphatic rings. The summed E-state index contributed by atoms with van der Waals surface area (Å²) in [6.07, 6.45) is 75.0. The fourth-order valence-corrected chi connectivity index (χ4v) is 7.38. The van der Waals surface area contributed by atoms with Gasteiger partial charge in [0, 0.05) is 19.3 Å². The van der Waals surface area contributed by atoms with Gasteiger partial charge in [0.15, 0.2) is 6.10 Å². The summed E-state index contributed by atoms with van der Waals surface area (Å²) in [5, 5.41) is 0. The third kappa shape index (κ3) is 53.0. The van der Waals surface area contributed by atoms with Crippen molar-refractivity contribution in [3.8, 4) is 0 Å². The van der Waals surface area contributed by atoms with Crippen LogP contribution < -0.4 is 0 Å². The molecule has 0 amide bonds. The minimum Gasteiger partial charge on any atom is -0.462 e. The molecule has 0 saturated heterocycles. The van der Waals surface area contributed by atoms with Crippen molar-refractivity contribution >= 4 is 17.9 Å². The number of hydrogen-bond acceptors (Lipinski definition) is 6. The van der Waals surface area contributed by atoms with Gasteiger partial charge in [-0.2, -0.15) is 0 Å². The van der Waals surface area contributed by atoms with Gasteiger partial charge in [-0.25, -0.2) is 0 Å². The van der Waals surface area contributed by atoms with Gasteiger partial charge in [-0.1, -0.05) is 220 Å². The summed E-state index contributed by atoms with van der Waals surface area (Å²) in [6.45, 7) is 6.36. The largest absolute Gasteiger partial charge is 0.462 e. The van der Waals surface area contributed by atoms with E-state index in [9.17, 15) is 14.4 Å². The standard InChI is InChI=1S/C62H102O6/c1-4-7-10-13-16-19-22-25-28-31-32-35-37-40-43-46-49-52-55-61(64)67-58-59(68-62(65)56-53-50-47-44-41-38-34-30-27-24-21-18-15-12-9-6-3)57-66-60(63)54-51-48-45-42-39-36-33-29-26-23-20-17-14-11-8-5-2/h8-9,11-12,17-18,20-21,26-32,35,38,41,59H,4-7,10,13-16,19,22-25,33-34,36-37,39-40,42-58H2,1-3H3/b11-8-,12-9-,20-17-,21-18-,29-26-,30-27-,31-28-,35-32-,41-38-. The van der Waals surface area contributed by atoms with E-state index in [1.165, 1.54) is 64.2 Å². The van der Waals surface area contributed by atoms with Crippen molar-refractivity contribution in [3.63, 3.8) is 0 Å². The Hall–Kier alpha value is -3.93. The second-order valence-corrected chi connectivity index (χ2v) is 18.1. The highest BCUT2D eigenvalue weighted by atomic mass is 16.6. The van der Waals surface area contributed by atoms with E-state index in [0.29, 0.717) is 12.8 Å². The van der Waals surface area contributed by atoms with Crippen molar-refractivity contribution in [2.24, 2.45) is 0 Å². The summed E-state index contributed by atoms with van der Waals surface area (Å²) in [5.41, 5.74) is 0. The molecule has 1 atom stereocenters. The molecule has 0 bridgehead atoms. The first-order valence-corrected chi connectivity index (χ1v) is 27.9. The molecule has 0 N–H and O–H groups in total. The molecule has 6 nitrogen and oxygen atoms in total.